The molecule has 1 heterocycles. The molecule has 5 aromatic carbocycles. The van der Waals surface area contributed by atoms with Gasteiger partial charge >= 0.3 is 12.4 Å². The molecule has 0 saturated heterocycles. The minimum atomic E-state index is -5.22. The molecule has 234 valence electrons. The van der Waals surface area contributed by atoms with Crippen LogP contribution in [0.3, 0.4) is 0 Å². The first-order chi connectivity index (χ1) is 21.9. The van der Waals surface area contributed by atoms with Crippen molar-refractivity contribution < 1.29 is 45.6 Å². The summed E-state index contributed by atoms with van der Waals surface area (Å²) >= 11 is 0. The van der Waals surface area contributed by atoms with Gasteiger partial charge in [0.1, 0.15) is 6.61 Å². The van der Waals surface area contributed by atoms with Gasteiger partial charge in [0.15, 0.2) is 6.29 Å². The number of nitrogens with one attached hydrogen (secondary N) is 1. The molecule has 46 heavy (non-hydrogen) atoms. The van der Waals surface area contributed by atoms with Gasteiger partial charge in [-0.2, -0.15) is 26.3 Å². The molecule has 0 unspecified atom stereocenters. The number of nitrogens with zero attached hydrogens (tertiary/aromatic N) is 1. The van der Waals surface area contributed by atoms with E-state index in [9.17, 15) is 40.7 Å². The monoisotopic (exact) mass is 636 g/mol. The number of benzene rings is 5. The maximum Gasteiger partial charge on any atom is 0.417 e. The molecule has 1 aliphatic heterocycles. The largest absolute Gasteiger partial charge is 0.417 e. The zero-order valence-corrected chi connectivity index (χ0v) is 23.6. The molecule has 0 saturated carbocycles. The van der Waals surface area contributed by atoms with Gasteiger partial charge < -0.3 is 5.32 Å². The van der Waals surface area contributed by atoms with E-state index < -0.39 is 68.0 Å². The summed E-state index contributed by atoms with van der Waals surface area (Å²) in [4.78, 5) is 44.0. The second-order valence-corrected chi connectivity index (χ2v) is 10.7. The van der Waals surface area contributed by atoms with E-state index in [1.165, 1.54) is 0 Å². The summed E-state index contributed by atoms with van der Waals surface area (Å²) in [6.45, 7) is -0.473. The van der Waals surface area contributed by atoms with E-state index in [1.807, 2.05) is 0 Å². The lowest BCUT2D eigenvalue weighted by Gasteiger charge is -2.29. The zero-order chi connectivity index (χ0) is 32.8. The van der Waals surface area contributed by atoms with Crippen molar-refractivity contribution in [3.63, 3.8) is 0 Å². The lowest BCUT2D eigenvalue weighted by Crippen LogP contribution is -2.35. The van der Waals surface area contributed by atoms with E-state index in [0.29, 0.717) is 23.3 Å². The number of alkyl halides is 6. The molecule has 12 heteroatoms. The Morgan fingerprint density at radius 1 is 0.783 bits per heavy atom. The number of rotatable bonds is 6. The fourth-order valence-electron chi connectivity index (χ4n) is 5.68. The Balaban J connectivity index is 1.56. The molecule has 0 spiro atoms. The molecule has 1 aliphatic rings. The Bertz CT molecular complexity index is 2010. The maximum atomic E-state index is 14.8. The van der Waals surface area contributed by atoms with Gasteiger partial charge in [-0.05, 0) is 62.5 Å². The van der Waals surface area contributed by atoms with Gasteiger partial charge in [0.25, 0.3) is 11.8 Å². The molecular formula is C34H22F6N2O4. The van der Waals surface area contributed by atoms with Crippen LogP contribution in [0, 0.1) is 0 Å². The van der Waals surface area contributed by atoms with E-state index >= 15 is 0 Å². The first-order valence-corrected chi connectivity index (χ1v) is 13.9. The van der Waals surface area contributed by atoms with Crippen molar-refractivity contribution in [2.45, 2.75) is 32.0 Å². The molecule has 2 amide bonds. The molecule has 0 aromatic heterocycles. The topological polar surface area (TPSA) is 75.7 Å². The van der Waals surface area contributed by atoms with Crippen LogP contribution in [-0.2, 0) is 36.9 Å². The Morgan fingerprint density at radius 3 is 1.91 bits per heavy atom. The number of hydrogen-bond donors (Lipinski definition) is 1. The van der Waals surface area contributed by atoms with Gasteiger partial charge in [-0.3, -0.25) is 19.2 Å². The highest BCUT2D eigenvalue weighted by Gasteiger charge is 2.42. The van der Waals surface area contributed by atoms with Crippen LogP contribution in [-0.4, -0.2) is 23.2 Å². The summed E-state index contributed by atoms with van der Waals surface area (Å²) in [5.74, 6) is -1.77. The molecule has 0 bridgehead atoms. The SMILES string of the molecule is O=Cc1cc2c(C(F)(F)F)c3cc4c(cc3c(C(F)(F)F)c2cc1C(=O)NCc1ccccc1)CON(Cc1ccccc1)C4=O. The predicted molar refractivity (Wildman–Crippen MR) is 156 cm³/mol. The van der Waals surface area contributed by atoms with Gasteiger partial charge in [-0.15, -0.1) is 0 Å². The van der Waals surface area contributed by atoms with Gasteiger partial charge in [0, 0.05) is 17.7 Å². The standard InChI is InChI=1S/C34H22F6N2O4/c35-33(36,37)29-25-11-21(17-43)23(31(44)41-15-19-7-3-1-4-8-19)13-27(25)30(34(38,39)40)26-12-22-18-46-42(16-20-9-5-2-6-10-20)32(45)24(22)14-28(26)29/h1-14,17H,15-16,18H2,(H,41,44). The van der Waals surface area contributed by atoms with E-state index in [1.54, 1.807) is 60.7 Å². The molecule has 5 aromatic rings. The minimum absolute atomic E-state index is 0.0369. The fourth-order valence-corrected chi connectivity index (χ4v) is 5.68. The third-order valence-electron chi connectivity index (χ3n) is 7.75. The van der Waals surface area contributed by atoms with E-state index in [2.05, 4.69) is 5.32 Å². The molecule has 0 fully saturated rings. The van der Waals surface area contributed by atoms with Crippen LogP contribution in [0.5, 0.6) is 0 Å². The van der Waals surface area contributed by atoms with Crippen molar-refractivity contribution in [1.29, 1.82) is 0 Å². The summed E-state index contributed by atoms with van der Waals surface area (Å²) in [5, 5.41) is -0.117. The third-order valence-corrected chi connectivity index (χ3v) is 7.75. The van der Waals surface area contributed by atoms with Gasteiger partial charge in [-0.25, -0.2) is 5.06 Å². The number of halogens is 6. The number of amides is 2. The second kappa shape index (κ2) is 11.6. The van der Waals surface area contributed by atoms with Crippen molar-refractivity contribution in [1.82, 2.24) is 10.4 Å². The summed E-state index contributed by atoms with van der Waals surface area (Å²) in [6, 6.07) is 20.1. The third kappa shape index (κ3) is 5.67. The van der Waals surface area contributed by atoms with Gasteiger partial charge in [0.2, 0.25) is 0 Å². The van der Waals surface area contributed by atoms with Gasteiger partial charge in [-0.1, -0.05) is 60.7 Å². The zero-order valence-electron chi connectivity index (χ0n) is 23.6. The lowest BCUT2D eigenvalue weighted by atomic mass is 9.86. The molecule has 0 radical (unpaired) electrons. The van der Waals surface area contributed by atoms with Crippen molar-refractivity contribution in [2.24, 2.45) is 0 Å². The van der Waals surface area contributed by atoms with E-state index in [0.717, 1.165) is 17.2 Å². The molecular weight excluding hydrogens is 614 g/mol. The van der Waals surface area contributed by atoms with Crippen molar-refractivity contribution in [2.75, 3.05) is 0 Å². The van der Waals surface area contributed by atoms with Crippen molar-refractivity contribution in [3.8, 4) is 0 Å². The fraction of sp³-hybridized carbons (Fsp3) is 0.147. The Kier molecular flexibility index (Phi) is 7.77. The summed E-state index contributed by atoms with van der Waals surface area (Å²) < 4.78 is 88.9. The molecule has 0 atom stereocenters. The number of fused-ring (bicyclic) bond motifs is 3. The van der Waals surface area contributed by atoms with E-state index in [-0.39, 0.29) is 37.1 Å². The van der Waals surface area contributed by atoms with Crippen molar-refractivity contribution in [3.05, 3.63) is 129 Å². The summed E-state index contributed by atoms with van der Waals surface area (Å²) in [6.07, 6.45) is -10.3. The van der Waals surface area contributed by atoms with Crippen LogP contribution in [0.2, 0.25) is 0 Å². The van der Waals surface area contributed by atoms with E-state index in [4.69, 9.17) is 4.84 Å². The van der Waals surface area contributed by atoms with Crippen LogP contribution >= 0.6 is 0 Å². The number of aldehydes is 1. The van der Waals surface area contributed by atoms with Crippen LogP contribution in [0.4, 0.5) is 26.3 Å². The molecule has 6 rings (SSSR count). The number of carbonyl (C=O) groups excluding carboxylic acids is 3. The summed E-state index contributed by atoms with van der Waals surface area (Å²) in [7, 11) is 0. The quantitative estimate of drug-likeness (QED) is 0.117. The van der Waals surface area contributed by atoms with Gasteiger partial charge in [0.05, 0.1) is 23.2 Å². The van der Waals surface area contributed by atoms with Crippen LogP contribution in [0.25, 0.3) is 21.5 Å². The maximum absolute atomic E-state index is 14.8. The van der Waals surface area contributed by atoms with Crippen LogP contribution < -0.4 is 5.32 Å². The molecule has 1 N–H and O–H groups in total. The molecule has 6 nitrogen and oxygen atoms in total. The average molecular weight is 637 g/mol. The normalized spacial score (nSPS) is 13.6. The minimum Gasteiger partial charge on any atom is -0.348 e. The van der Waals surface area contributed by atoms with Crippen LogP contribution in [0.1, 0.15) is 58.9 Å². The number of carbonyl (C=O) groups is 3. The average Bonchev–Trinajstić information content (AvgIpc) is 3.02. The second-order valence-electron chi connectivity index (χ2n) is 10.7. The summed E-state index contributed by atoms with van der Waals surface area (Å²) in [5.41, 5.74) is -2.95. The highest BCUT2D eigenvalue weighted by molar-refractivity contribution is 6.13. The first kappa shape index (κ1) is 30.8. The number of hydroxylamine groups is 2. The van der Waals surface area contributed by atoms with Crippen molar-refractivity contribution >= 4 is 39.6 Å². The first-order valence-electron chi connectivity index (χ1n) is 13.9. The highest BCUT2D eigenvalue weighted by Crippen LogP contribution is 2.48. The molecule has 0 aliphatic carbocycles. The Labute approximate surface area is 257 Å². The van der Waals surface area contributed by atoms with Crippen LogP contribution in [0.15, 0.2) is 84.9 Å². The Morgan fingerprint density at radius 2 is 1.33 bits per heavy atom. The number of hydrogen-bond acceptors (Lipinski definition) is 4. The lowest BCUT2D eigenvalue weighted by molar-refractivity contribution is -0.146. The smallest absolute Gasteiger partial charge is 0.348 e. The predicted octanol–water partition coefficient (Wildman–Crippen LogP) is 7.86. The Hall–Kier alpha value is -5.23. The highest BCUT2D eigenvalue weighted by atomic mass is 19.4.